The maximum atomic E-state index is 5.82. The van der Waals surface area contributed by atoms with Crippen LogP contribution in [-0.4, -0.2) is 21.7 Å². The van der Waals surface area contributed by atoms with Crippen LogP contribution >= 0.6 is 0 Å². The van der Waals surface area contributed by atoms with Gasteiger partial charge in [0.2, 0.25) is 0 Å². The molecule has 2 aromatic rings. The number of imidazole rings is 1. The molecule has 0 radical (unpaired) electrons. The summed E-state index contributed by atoms with van der Waals surface area (Å²) < 4.78 is 7.88. The van der Waals surface area contributed by atoms with Gasteiger partial charge in [-0.15, -0.1) is 0 Å². The molecule has 0 fully saturated rings. The van der Waals surface area contributed by atoms with Crippen LogP contribution in [0.1, 0.15) is 32.8 Å². The Morgan fingerprint density at radius 3 is 2.86 bits per heavy atom. The highest BCUT2D eigenvalue weighted by Crippen LogP contribution is 2.14. The lowest BCUT2D eigenvalue weighted by atomic mass is 10.1. The van der Waals surface area contributed by atoms with E-state index in [4.69, 9.17) is 4.74 Å². The molecule has 2 rings (SSSR count). The zero-order valence-electron chi connectivity index (χ0n) is 13.2. The number of nitrogens with zero attached hydrogens (tertiary/aromatic N) is 2. The van der Waals surface area contributed by atoms with Crippen molar-refractivity contribution in [2.75, 3.05) is 6.61 Å². The first-order valence-corrected chi connectivity index (χ1v) is 7.45. The lowest BCUT2D eigenvalue weighted by Crippen LogP contribution is -2.35. The predicted octanol–water partition coefficient (Wildman–Crippen LogP) is 3.24. The van der Waals surface area contributed by atoms with Crippen molar-refractivity contribution in [2.24, 2.45) is 0 Å². The Morgan fingerprint density at radius 2 is 2.14 bits per heavy atom. The summed E-state index contributed by atoms with van der Waals surface area (Å²) >= 11 is 0. The molecule has 1 aromatic heterocycles. The van der Waals surface area contributed by atoms with Crippen LogP contribution in [0, 0.1) is 0 Å². The zero-order valence-corrected chi connectivity index (χ0v) is 13.2. The number of rotatable bonds is 7. The van der Waals surface area contributed by atoms with Crippen molar-refractivity contribution in [2.45, 2.75) is 45.8 Å². The number of nitrogens with one attached hydrogen (secondary N) is 1. The van der Waals surface area contributed by atoms with E-state index in [0.29, 0.717) is 6.61 Å². The van der Waals surface area contributed by atoms with Gasteiger partial charge in [-0.2, -0.15) is 0 Å². The van der Waals surface area contributed by atoms with Gasteiger partial charge in [0.25, 0.3) is 0 Å². The van der Waals surface area contributed by atoms with E-state index in [9.17, 15) is 0 Å². The van der Waals surface area contributed by atoms with Gasteiger partial charge in [0, 0.05) is 31.0 Å². The second-order valence-electron chi connectivity index (χ2n) is 6.25. The summed E-state index contributed by atoms with van der Waals surface area (Å²) in [6, 6.07) is 8.29. The van der Waals surface area contributed by atoms with E-state index < -0.39 is 0 Å². The van der Waals surface area contributed by atoms with Crippen LogP contribution in [0.15, 0.2) is 43.0 Å². The monoisotopic (exact) mass is 287 g/mol. The molecule has 0 saturated carbocycles. The molecule has 0 aliphatic heterocycles. The van der Waals surface area contributed by atoms with E-state index in [-0.39, 0.29) is 5.54 Å². The third-order valence-electron chi connectivity index (χ3n) is 3.11. The van der Waals surface area contributed by atoms with Crippen molar-refractivity contribution in [3.05, 3.63) is 48.5 Å². The van der Waals surface area contributed by atoms with E-state index in [1.54, 1.807) is 6.20 Å². The lowest BCUT2D eigenvalue weighted by Gasteiger charge is -2.20. The minimum atomic E-state index is 0.127. The third-order valence-corrected chi connectivity index (χ3v) is 3.11. The topological polar surface area (TPSA) is 39.1 Å². The van der Waals surface area contributed by atoms with Crippen LogP contribution in [0.5, 0.6) is 5.75 Å². The first-order chi connectivity index (χ1) is 10.0. The maximum Gasteiger partial charge on any atom is 0.119 e. The molecule has 1 N–H and O–H groups in total. The molecule has 0 saturated heterocycles. The molecule has 114 valence electrons. The minimum absolute atomic E-state index is 0.127. The molecule has 0 spiro atoms. The number of aromatic nitrogens is 2. The molecule has 4 nitrogen and oxygen atoms in total. The standard InChI is InChI=1S/C17H25N3O/c1-17(2,3)19-13-15-6-4-7-16(12-15)21-11-5-9-20-10-8-18-14-20/h4,6-8,10,12,14,19H,5,9,11,13H2,1-3H3. The number of hydrogen-bond donors (Lipinski definition) is 1. The summed E-state index contributed by atoms with van der Waals surface area (Å²) in [5.41, 5.74) is 1.37. The molecule has 0 aliphatic carbocycles. The van der Waals surface area contributed by atoms with Crippen molar-refractivity contribution in [3.63, 3.8) is 0 Å². The molecule has 0 bridgehead atoms. The Kier molecular flexibility index (Phi) is 5.39. The first kappa shape index (κ1) is 15.6. The van der Waals surface area contributed by atoms with E-state index in [0.717, 1.165) is 25.3 Å². The highest BCUT2D eigenvalue weighted by molar-refractivity contribution is 5.28. The van der Waals surface area contributed by atoms with E-state index in [1.807, 2.05) is 24.7 Å². The first-order valence-electron chi connectivity index (χ1n) is 7.45. The third kappa shape index (κ3) is 6.00. The van der Waals surface area contributed by atoms with Crippen LogP contribution < -0.4 is 10.1 Å². The Bertz CT molecular complexity index is 529. The summed E-state index contributed by atoms with van der Waals surface area (Å²) in [6.45, 7) is 9.02. The average molecular weight is 287 g/mol. The smallest absolute Gasteiger partial charge is 0.119 e. The van der Waals surface area contributed by atoms with Crippen LogP contribution in [0.3, 0.4) is 0 Å². The summed E-state index contributed by atoms with van der Waals surface area (Å²) in [5, 5.41) is 3.49. The number of benzene rings is 1. The Morgan fingerprint density at radius 1 is 1.29 bits per heavy atom. The van der Waals surface area contributed by atoms with Crippen molar-refractivity contribution in [1.29, 1.82) is 0 Å². The predicted molar refractivity (Wildman–Crippen MR) is 85.4 cm³/mol. The van der Waals surface area contributed by atoms with Crippen LogP contribution in [0.4, 0.5) is 0 Å². The Hall–Kier alpha value is -1.81. The van der Waals surface area contributed by atoms with Gasteiger partial charge < -0.3 is 14.6 Å². The highest BCUT2D eigenvalue weighted by atomic mass is 16.5. The fraction of sp³-hybridized carbons (Fsp3) is 0.471. The van der Waals surface area contributed by atoms with E-state index in [1.165, 1.54) is 5.56 Å². The highest BCUT2D eigenvalue weighted by Gasteiger charge is 2.08. The molecule has 0 unspecified atom stereocenters. The van der Waals surface area contributed by atoms with Crippen molar-refractivity contribution in [3.8, 4) is 5.75 Å². The van der Waals surface area contributed by atoms with Crippen LogP contribution in [0.2, 0.25) is 0 Å². The minimum Gasteiger partial charge on any atom is -0.494 e. The fourth-order valence-electron chi connectivity index (χ4n) is 1.97. The summed E-state index contributed by atoms with van der Waals surface area (Å²) in [6.07, 6.45) is 6.57. The van der Waals surface area contributed by atoms with Gasteiger partial charge in [0.05, 0.1) is 12.9 Å². The normalized spacial score (nSPS) is 11.6. The lowest BCUT2D eigenvalue weighted by molar-refractivity contribution is 0.301. The quantitative estimate of drug-likeness (QED) is 0.795. The summed E-state index contributed by atoms with van der Waals surface area (Å²) in [5.74, 6) is 0.939. The zero-order chi connectivity index (χ0) is 15.1. The Balaban J connectivity index is 1.75. The summed E-state index contributed by atoms with van der Waals surface area (Å²) in [4.78, 5) is 4.03. The number of ether oxygens (including phenoxy) is 1. The van der Waals surface area contributed by atoms with E-state index >= 15 is 0 Å². The van der Waals surface area contributed by atoms with Gasteiger partial charge in [-0.25, -0.2) is 4.98 Å². The van der Waals surface area contributed by atoms with Crippen molar-refractivity contribution in [1.82, 2.24) is 14.9 Å². The second kappa shape index (κ2) is 7.27. The van der Waals surface area contributed by atoms with Gasteiger partial charge in [0.1, 0.15) is 5.75 Å². The molecule has 1 aromatic carbocycles. The molecule has 21 heavy (non-hydrogen) atoms. The fourth-order valence-corrected chi connectivity index (χ4v) is 1.97. The second-order valence-corrected chi connectivity index (χ2v) is 6.25. The van der Waals surface area contributed by atoms with Crippen LogP contribution in [-0.2, 0) is 13.1 Å². The maximum absolute atomic E-state index is 5.82. The molecule has 0 aliphatic rings. The largest absolute Gasteiger partial charge is 0.494 e. The van der Waals surface area contributed by atoms with Crippen LogP contribution in [0.25, 0.3) is 0 Å². The number of aryl methyl sites for hydroxylation is 1. The molecule has 4 heteroatoms. The summed E-state index contributed by atoms with van der Waals surface area (Å²) in [7, 11) is 0. The molecule has 1 heterocycles. The SMILES string of the molecule is CC(C)(C)NCc1cccc(OCCCn2ccnc2)c1. The van der Waals surface area contributed by atoms with Gasteiger partial charge >= 0.3 is 0 Å². The molecule has 0 amide bonds. The van der Waals surface area contributed by atoms with E-state index in [2.05, 4.69) is 47.8 Å². The van der Waals surface area contributed by atoms with Gasteiger partial charge in [0.15, 0.2) is 0 Å². The Labute approximate surface area is 127 Å². The van der Waals surface area contributed by atoms with Crippen molar-refractivity contribution < 1.29 is 4.74 Å². The number of hydrogen-bond acceptors (Lipinski definition) is 3. The van der Waals surface area contributed by atoms with Gasteiger partial charge in [-0.05, 0) is 44.9 Å². The van der Waals surface area contributed by atoms with Gasteiger partial charge in [-0.1, -0.05) is 12.1 Å². The van der Waals surface area contributed by atoms with Gasteiger partial charge in [-0.3, -0.25) is 0 Å². The average Bonchev–Trinajstić information content (AvgIpc) is 2.94. The molecular formula is C17H25N3O. The van der Waals surface area contributed by atoms with Crippen molar-refractivity contribution >= 4 is 0 Å². The molecular weight excluding hydrogens is 262 g/mol. The molecule has 0 atom stereocenters.